The van der Waals surface area contributed by atoms with Gasteiger partial charge in [-0.15, -0.1) is 6.58 Å². The molecule has 0 amide bonds. The van der Waals surface area contributed by atoms with Gasteiger partial charge < -0.3 is 0 Å². The Bertz CT molecular complexity index is 90.2. The summed E-state index contributed by atoms with van der Waals surface area (Å²) in [5.74, 6) is 0. The van der Waals surface area contributed by atoms with Crippen LogP contribution >= 0.6 is 0 Å². The number of hydrogen-bond acceptors (Lipinski definition) is 0. The van der Waals surface area contributed by atoms with Gasteiger partial charge in [-0.1, -0.05) is 39.7 Å². The van der Waals surface area contributed by atoms with E-state index in [1.54, 1.807) is 0 Å². The summed E-state index contributed by atoms with van der Waals surface area (Å²) in [5.41, 5.74) is 0.484. The minimum atomic E-state index is 0.484. The van der Waals surface area contributed by atoms with Crippen molar-refractivity contribution in [1.29, 1.82) is 0 Å². The number of rotatable bonds is 5. The van der Waals surface area contributed by atoms with Crippen LogP contribution in [0.1, 0.15) is 46.5 Å². The molecule has 0 aliphatic heterocycles. The summed E-state index contributed by atoms with van der Waals surface area (Å²) in [4.78, 5) is 0. The van der Waals surface area contributed by atoms with Crippen LogP contribution < -0.4 is 0 Å². The summed E-state index contributed by atoms with van der Waals surface area (Å²) in [6, 6.07) is 0. The van der Waals surface area contributed by atoms with E-state index in [2.05, 4.69) is 27.4 Å². The van der Waals surface area contributed by atoms with Crippen molar-refractivity contribution in [2.45, 2.75) is 46.5 Å². The van der Waals surface area contributed by atoms with E-state index in [0.717, 1.165) is 6.42 Å². The molecule has 0 nitrogen and oxygen atoms in total. The van der Waals surface area contributed by atoms with Crippen LogP contribution in [0.3, 0.4) is 0 Å². The maximum absolute atomic E-state index is 3.75. The Labute approximate surface area is 65.3 Å². The zero-order valence-electron chi connectivity index (χ0n) is 7.61. The van der Waals surface area contributed by atoms with Crippen LogP contribution in [0.25, 0.3) is 0 Å². The van der Waals surface area contributed by atoms with Gasteiger partial charge in [-0.05, 0) is 18.3 Å². The predicted molar refractivity (Wildman–Crippen MR) is 48.1 cm³/mol. The summed E-state index contributed by atoms with van der Waals surface area (Å²) in [6.45, 7) is 10.6. The minimum absolute atomic E-state index is 0.484. The number of allylic oxidation sites excluding steroid dienone is 1. The van der Waals surface area contributed by atoms with E-state index in [1.165, 1.54) is 19.3 Å². The van der Waals surface area contributed by atoms with Gasteiger partial charge in [0.15, 0.2) is 0 Å². The van der Waals surface area contributed by atoms with Crippen LogP contribution in [0.5, 0.6) is 0 Å². The molecule has 0 heteroatoms. The molecule has 0 aliphatic carbocycles. The Kier molecular flexibility index (Phi) is 4.42. The Morgan fingerprint density at radius 3 is 2.40 bits per heavy atom. The molecule has 0 atom stereocenters. The van der Waals surface area contributed by atoms with E-state index in [-0.39, 0.29) is 0 Å². The molecule has 0 aliphatic rings. The third-order valence-electron chi connectivity index (χ3n) is 1.90. The maximum Gasteiger partial charge on any atom is -0.0302 e. The van der Waals surface area contributed by atoms with Crippen molar-refractivity contribution in [3.8, 4) is 0 Å². The normalized spacial score (nSPS) is 11.5. The van der Waals surface area contributed by atoms with Crippen LogP contribution in [0, 0.1) is 5.41 Å². The predicted octanol–water partition coefficient (Wildman–Crippen LogP) is 3.78. The van der Waals surface area contributed by atoms with Gasteiger partial charge in [-0.2, -0.15) is 0 Å². The SMILES string of the molecule is C=CCC(C)(C)CCCC. The molecule has 0 bridgehead atoms. The second-order valence-corrected chi connectivity index (χ2v) is 3.76. The summed E-state index contributed by atoms with van der Waals surface area (Å²) in [6.07, 6.45) is 7.15. The van der Waals surface area contributed by atoms with Gasteiger partial charge in [-0.25, -0.2) is 0 Å². The molecule has 0 aromatic carbocycles. The van der Waals surface area contributed by atoms with Gasteiger partial charge in [0.1, 0.15) is 0 Å². The number of hydrogen-bond donors (Lipinski definition) is 0. The van der Waals surface area contributed by atoms with Gasteiger partial charge in [0.25, 0.3) is 0 Å². The molecule has 0 N–H and O–H groups in total. The third kappa shape index (κ3) is 4.60. The van der Waals surface area contributed by atoms with Gasteiger partial charge in [0.05, 0.1) is 0 Å². The lowest BCUT2D eigenvalue weighted by molar-refractivity contribution is 0.328. The van der Waals surface area contributed by atoms with Crippen LogP contribution in [-0.4, -0.2) is 0 Å². The molecule has 0 heterocycles. The molecular formula is C10H20. The lowest BCUT2D eigenvalue weighted by Gasteiger charge is -2.21. The van der Waals surface area contributed by atoms with E-state index in [9.17, 15) is 0 Å². The second-order valence-electron chi connectivity index (χ2n) is 3.76. The molecule has 0 spiro atoms. The standard InChI is InChI=1S/C10H20/c1-5-7-9-10(3,4)8-6-2/h6H,2,5,7-9H2,1,3-4H3. The zero-order chi connectivity index (χ0) is 8.04. The lowest BCUT2D eigenvalue weighted by atomic mass is 9.84. The summed E-state index contributed by atoms with van der Waals surface area (Å²) in [7, 11) is 0. The lowest BCUT2D eigenvalue weighted by Crippen LogP contribution is -2.08. The first-order valence-corrected chi connectivity index (χ1v) is 4.23. The first-order chi connectivity index (χ1) is 4.62. The van der Waals surface area contributed by atoms with Crippen molar-refractivity contribution >= 4 is 0 Å². The van der Waals surface area contributed by atoms with Gasteiger partial charge in [0.2, 0.25) is 0 Å². The third-order valence-corrected chi connectivity index (χ3v) is 1.90. The first kappa shape index (κ1) is 9.74. The molecule has 0 unspecified atom stereocenters. The Hall–Kier alpha value is -0.260. The van der Waals surface area contributed by atoms with E-state index in [0.29, 0.717) is 5.41 Å². The minimum Gasteiger partial charge on any atom is -0.103 e. The van der Waals surface area contributed by atoms with Crippen LogP contribution in [0.4, 0.5) is 0 Å². The van der Waals surface area contributed by atoms with Crippen molar-refractivity contribution in [2.24, 2.45) is 5.41 Å². The molecular weight excluding hydrogens is 120 g/mol. The fraction of sp³-hybridized carbons (Fsp3) is 0.800. The highest BCUT2D eigenvalue weighted by molar-refractivity contribution is 4.79. The van der Waals surface area contributed by atoms with E-state index < -0.39 is 0 Å². The molecule has 0 aromatic rings. The summed E-state index contributed by atoms with van der Waals surface area (Å²) >= 11 is 0. The molecule has 0 fully saturated rings. The Balaban J connectivity index is 3.51. The highest BCUT2D eigenvalue weighted by Crippen LogP contribution is 2.27. The summed E-state index contributed by atoms with van der Waals surface area (Å²) in [5, 5.41) is 0. The average Bonchev–Trinajstić information content (AvgIpc) is 1.84. The first-order valence-electron chi connectivity index (χ1n) is 4.23. The summed E-state index contributed by atoms with van der Waals surface area (Å²) < 4.78 is 0. The van der Waals surface area contributed by atoms with E-state index >= 15 is 0 Å². The highest BCUT2D eigenvalue weighted by atomic mass is 14.2. The molecule has 60 valence electrons. The fourth-order valence-corrected chi connectivity index (χ4v) is 1.15. The quantitative estimate of drug-likeness (QED) is 0.510. The molecule has 0 rings (SSSR count). The number of unbranched alkanes of at least 4 members (excludes halogenated alkanes) is 1. The van der Waals surface area contributed by atoms with Crippen LogP contribution in [0.2, 0.25) is 0 Å². The topological polar surface area (TPSA) is 0 Å². The highest BCUT2D eigenvalue weighted by Gasteiger charge is 2.13. The van der Waals surface area contributed by atoms with E-state index in [1.807, 2.05) is 6.08 Å². The van der Waals surface area contributed by atoms with Gasteiger partial charge in [-0.3, -0.25) is 0 Å². The van der Waals surface area contributed by atoms with Gasteiger partial charge >= 0.3 is 0 Å². The molecule has 0 aromatic heterocycles. The largest absolute Gasteiger partial charge is 0.103 e. The molecule has 0 saturated carbocycles. The Morgan fingerprint density at radius 2 is 2.00 bits per heavy atom. The van der Waals surface area contributed by atoms with Crippen molar-refractivity contribution in [2.75, 3.05) is 0 Å². The molecule has 0 saturated heterocycles. The average molecular weight is 140 g/mol. The Morgan fingerprint density at radius 1 is 1.40 bits per heavy atom. The van der Waals surface area contributed by atoms with Crippen molar-refractivity contribution in [3.63, 3.8) is 0 Å². The fourth-order valence-electron chi connectivity index (χ4n) is 1.15. The van der Waals surface area contributed by atoms with Crippen molar-refractivity contribution in [3.05, 3.63) is 12.7 Å². The molecule has 10 heavy (non-hydrogen) atoms. The molecule has 0 radical (unpaired) electrons. The van der Waals surface area contributed by atoms with Crippen molar-refractivity contribution in [1.82, 2.24) is 0 Å². The van der Waals surface area contributed by atoms with E-state index in [4.69, 9.17) is 0 Å². The second kappa shape index (κ2) is 4.54. The maximum atomic E-state index is 3.75. The van der Waals surface area contributed by atoms with Crippen LogP contribution in [0.15, 0.2) is 12.7 Å². The van der Waals surface area contributed by atoms with Gasteiger partial charge in [0, 0.05) is 0 Å². The smallest absolute Gasteiger partial charge is 0.0302 e. The van der Waals surface area contributed by atoms with Crippen molar-refractivity contribution < 1.29 is 0 Å². The van der Waals surface area contributed by atoms with Crippen LogP contribution in [-0.2, 0) is 0 Å². The monoisotopic (exact) mass is 140 g/mol. The zero-order valence-corrected chi connectivity index (χ0v) is 7.61.